The normalized spacial score (nSPS) is 7.93. The Kier molecular flexibility index (Phi) is 22.9. The fraction of sp³-hybridized carbons (Fsp3) is 0.556. The maximum atomic E-state index is 9.00. The van der Waals surface area contributed by atoms with Gasteiger partial charge < -0.3 is 16.6 Å². The first-order valence-corrected chi connectivity index (χ1v) is 4.28. The second-order valence-electron chi connectivity index (χ2n) is 2.33. The maximum absolute atomic E-state index is 9.00. The molecule has 0 aliphatic heterocycles. The molecule has 6 N–H and O–H groups in total. The molecule has 0 aliphatic rings. The molecule has 0 saturated carbocycles. The van der Waals surface area contributed by atoms with E-state index in [2.05, 4.69) is 37.5 Å². The van der Waals surface area contributed by atoms with Gasteiger partial charge in [0, 0.05) is 6.92 Å². The van der Waals surface area contributed by atoms with E-state index in [1.54, 1.807) is 0 Å². The van der Waals surface area contributed by atoms with E-state index in [0.717, 1.165) is 6.92 Å². The molecule has 0 radical (unpaired) electrons. The summed E-state index contributed by atoms with van der Waals surface area (Å²) in [6, 6.07) is 0. The summed E-state index contributed by atoms with van der Waals surface area (Å²) in [5.41, 5.74) is 8.94. The van der Waals surface area contributed by atoms with Gasteiger partial charge in [-0.05, 0) is 13.3 Å². The molecule has 0 heterocycles. The van der Waals surface area contributed by atoms with Crippen molar-refractivity contribution in [3.63, 3.8) is 0 Å². The van der Waals surface area contributed by atoms with Gasteiger partial charge in [0.25, 0.3) is 5.97 Å². The molecule has 0 aromatic carbocycles. The van der Waals surface area contributed by atoms with Crippen LogP contribution >= 0.6 is 0 Å². The number of carboxylic acids is 1. The highest BCUT2D eigenvalue weighted by Crippen LogP contribution is 1.85. The SMILES string of the molecule is C/C=C/CCC.CC(=O)O.N=C(N)N. The minimum atomic E-state index is -0.833. The third-order valence-electron chi connectivity index (χ3n) is 0.691. The standard InChI is InChI=1S/C6H12.C2H4O2.CH5N3/c1-3-5-6-4-2;1-2(3)4;2-1(3)4/h3,5H,4,6H2,1-2H3;1H3,(H,3,4);(H5,2,3,4)/b5-3+;;. The number of nitrogens with two attached hydrogens (primary N) is 2. The Morgan fingerprint density at radius 1 is 1.50 bits per heavy atom. The number of hydrogen-bond acceptors (Lipinski definition) is 2. The molecule has 0 aromatic rings. The Hall–Kier alpha value is -1.52. The largest absolute Gasteiger partial charge is 0.481 e. The van der Waals surface area contributed by atoms with E-state index < -0.39 is 5.97 Å². The quantitative estimate of drug-likeness (QED) is 0.307. The zero-order valence-electron chi connectivity index (χ0n) is 9.08. The molecule has 0 fully saturated rings. The highest BCUT2D eigenvalue weighted by Gasteiger charge is 1.65. The summed E-state index contributed by atoms with van der Waals surface area (Å²) in [5.74, 6) is -1.17. The number of aliphatic carboxylic acids is 1. The Balaban J connectivity index is -0.000000135. The van der Waals surface area contributed by atoms with Gasteiger partial charge in [0.05, 0.1) is 0 Å². The number of carboxylic acid groups (broad SMARTS) is 1. The molecule has 84 valence electrons. The highest BCUT2D eigenvalue weighted by molar-refractivity contribution is 5.71. The van der Waals surface area contributed by atoms with Crippen LogP contribution in [0.5, 0.6) is 0 Å². The van der Waals surface area contributed by atoms with Gasteiger partial charge in [-0.15, -0.1) is 0 Å². The summed E-state index contributed by atoms with van der Waals surface area (Å²) in [5, 5.41) is 13.5. The lowest BCUT2D eigenvalue weighted by atomic mass is 10.3. The molecule has 0 spiro atoms. The molecule has 0 unspecified atom stereocenters. The minimum absolute atomic E-state index is 0.333. The van der Waals surface area contributed by atoms with Crippen LogP contribution in [0.4, 0.5) is 0 Å². The number of carbonyl (C=O) groups is 1. The smallest absolute Gasteiger partial charge is 0.300 e. The number of nitrogens with one attached hydrogen (secondary N) is 1. The van der Waals surface area contributed by atoms with Crippen molar-refractivity contribution < 1.29 is 9.90 Å². The number of unbranched alkanes of at least 4 members (excludes halogenated alkanes) is 1. The van der Waals surface area contributed by atoms with Crippen molar-refractivity contribution in [2.24, 2.45) is 11.5 Å². The zero-order valence-corrected chi connectivity index (χ0v) is 9.08. The molecule has 5 nitrogen and oxygen atoms in total. The first-order valence-electron chi connectivity index (χ1n) is 4.28. The van der Waals surface area contributed by atoms with Gasteiger partial charge >= 0.3 is 0 Å². The average molecular weight is 203 g/mol. The lowest BCUT2D eigenvalue weighted by Crippen LogP contribution is -2.20. The minimum Gasteiger partial charge on any atom is -0.481 e. The van der Waals surface area contributed by atoms with Gasteiger partial charge in [-0.3, -0.25) is 10.2 Å². The van der Waals surface area contributed by atoms with E-state index >= 15 is 0 Å². The number of rotatable bonds is 2. The van der Waals surface area contributed by atoms with Crippen molar-refractivity contribution in [3.05, 3.63) is 12.2 Å². The van der Waals surface area contributed by atoms with Crippen LogP contribution in [0.3, 0.4) is 0 Å². The molecule has 0 amide bonds. The molecule has 0 aromatic heterocycles. The molecule has 0 atom stereocenters. The van der Waals surface area contributed by atoms with Crippen molar-refractivity contribution in [1.82, 2.24) is 0 Å². The van der Waals surface area contributed by atoms with Gasteiger partial charge in [0.15, 0.2) is 5.96 Å². The first-order chi connectivity index (χ1) is 6.38. The lowest BCUT2D eigenvalue weighted by Gasteiger charge is -1.76. The summed E-state index contributed by atoms with van der Waals surface area (Å²) in [6.45, 7) is 5.32. The van der Waals surface area contributed by atoms with E-state index in [9.17, 15) is 0 Å². The molecule has 0 aliphatic carbocycles. The fourth-order valence-electron chi connectivity index (χ4n) is 0.333. The van der Waals surface area contributed by atoms with Crippen molar-refractivity contribution in [3.8, 4) is 0 Å². The van der Waals surface area contributed by atoms with Gasteiger partial charge in [-0.25, -0.2) is 0 Å². The van der Waals surface area contributed by atoms with E-state index in [0.29, 0.717) is 0 Å². The first kappa shape index (κ1) is 18.3. The molecule has 0 rings (SSSR count). The van der Waals surface area contributed by atoms with E-state index in [4.69, 9.17) is 15.3 Å². The summed E-state index contributed by atoms with van der Waals surface area (Å²) in [6.07, 6.45) is 6.77. The van der Waals surface area contributed by atoms with Gasteiger partial charge in [0.1, 0.15) is 0 Å². The number of guanidine groups is 1. The van der Waals surface area contributed by atoms with Gasteiger partial charge in [-0.1, -0.05) is 25.5 Å². The Morgan fingerprint density at radius 2 is 1.79 bits per heavy atom. The third kappa shape index (κ3) is 430. The Morgan fingerprint density at radius 3 is 1.86 bits per heavy atom. The Labute approximate surface area is 85.3 Å². The summed E-state index contributed by atoms with van der Waals surface area (Å²) in [4.78, 5) is 9.00. The maximum Gasteiger partial charge on any atom is 0.300 e. The molecular formula is C9H21N3O2. The van der Waals surface area contributed by atoms with Crippen LogP contribution in [0.25, 0.3) is 0 Å². The van der Waals surface area contributed by atoms with Crippen LogP contribution in [0.2, 0.25) is 0 Å². The molecule has 0 bridgehead atoms. The summed E-state index contributed by atoms with van der Waals surface area (Å²) >= 11 is 0. The molecular weight excluding hydrogens is 182 g/mol. The van der Waals surface area contributed by atoms with Crippen molar-refractivity contribution >= 4 is 11.9 Å². The van der Waals surface area contributed by atoms with Crippen LogP contribution in [-0.4, -0.2) is 17.0 Å². The molecule has 5 heteroatoms. The second kappa shape index (κ2) is 17.5. The van der Waals surface area contributed by atoms with E-state index in [1.807, 2.05) is 0 Å². The van der Waals surface area contributed by atoms with Crippen molar-refractivity contribution in [2.45, 2.75) is 33.6 Å². The summed E-state index contributed by atoms with van der Waals surface area (Å²) in [7, 11) is 0. The summed E-state index contributed by atoms with van der Waals surface area (Å²) < 4.78 is 0. The highest BCUT2D eigenvalue weighted by atomic mass is 16.4. The lowest BCUT2D eigenvalue weighted by molar-refractivity contribution is -0.134. The fourth-order valence-corrected chi connectivity index (χ4v) is 0.333. The average Bonchev–Trinajstić information content (AvgIpc) is 1.98. The van der Waals surface area contributed by atoms with Crippen molar-refractivity contribution in [1.29, 1.82) is 5.41 Å². The predicted octanol–water partition coefficient (Wildman–Crippen LogP) is 1.29. The van der Waals surface area contributed by atoms with Gasteiger partial charge in [-0.2, -0.15) is 0 Å². The van der Waals surface area contributed by atoms with E-state index in [-0.39, 0.29) is 5.96 Å². The van der Waals surface area contributed by atoms with Crippen molar-refractivity contribution in [2.75, 3.05) is 0 Å². The number of allylic oxidation sites excluding steroid dienone is 2. The van der Waals surface area contributed by atoms with Crippen LogP contribution < -0.4 is 11.5 Å². The molecule has 0 saturated heterocycles. The Bertz CT molecular complexity index is 147. The topological polar surface area (TPSA) is 113 Å². The number of hydrogen-bond donors (Lipinski definition) is 4. The second-order valence-corrected chi connectivity index (χ2v) is 2.33. The van der Waals surface area contributed by atoms with Crippen LogP contribution in [0.15, 0.2) is 12.2 Å². The monoisotopic (exact) mass is 203 g/mol. The van der Waals surface area contributed by atoms with Gasteiger partial charge in [0.2, 0.25) is 0 Å². The predicted molar refractivity (Wildman–Crippen MR) is 59.1 cm³/mol. The zero-order chi connectivity index (χ0) is 12.0. The third-order valence-corrected chi connectivity index (χ3v) is 0.691. The van der Waals surface area contributed by atoms with Crippen LogP contribution in [0, 0.1) is 5.41 Å². The van der Waals surface area contributed by atoms with Crippen LogP contribution in [0.1, 0.15) is 33.6 Å². The molecule has 14 heavy (non-hydrogen) atoms. The van der Waals surface area contributed by atoms with Crippen LogP contribution in [-0.2, 0) is 4.79 Å². The van der Waals surface area contributed by atoms with E-state index in [1.165, 1.54) is 12.8 Å².